The van der Waals surface area contributed by atoms with Crippen molar-refractivity contribution in [3.8, 4) is 23.0 Å². The number of benzene rings is 2. The number of ether oxygens (including phenoxy) is 6. The fraction of sp³-hybridized carbons (Fsp3) is 0.600. The van der Waals surface area contributed by atoms with Crippen molar-refractivity contribution in [1.29, 1.82) is 0 Å². The highest BCUT2D eigenvalue weighted by Crippen LogP contribution is 2.39. The molecule has 16 heteroatoms. The highest BCUT2D eigenvalue weighted by molar-refractivity contribution is 6.74. The fourth-order valence-electron chi connectivity index (χ4n) is 6.75. The SMILES string of the molecule is CC[C@@H]1C[C@@H](OC(C)=O)CN1C(=O)c1cc(OC)c(OCCCOc2cc(N)c(C(=O)N3C[C@H](OC(C)=O)C[C@H]3CO[Si](C)(C)C(C)(C)C)cc2OC)cc1N. The molecule has 2 heterocycles. The number of likely N-dealkylation sites (tertiary alicyclic amines) is 2. The lowest BCUT2D eigenvalue weighted by molar-refractivity contribution is -0.146. The van der Waals surface area contributed by atoms with E-state index in [0.717, 1.165) is 0 Å². The van der Waals surface area contributed by atoms with Crippen molar-refractivity contribution in [3.63, 3.8) is 0 Å². The summed E-state index contributed by atoms with van der Waals surface area (Å²) in [6.45, 7) is 16.7. The molecule has 56 heavy (non-hydrogen) atoms. The number of nitrogens with two attached hydrogens (primary N) is 2. The van der Waals surface area contributed by atoms with Crippen LogP contribution >= 0.6 is 0 Å². The standard InChI is InChI=1S/C40H60N4O11Si/c1-11-26-15-28(54-24(2)45)21-43(26)38(47)30-17-34(49-7)36(19-32(30)41)51-13-12-14-52-37-20-33(42)31(18-35(37)50-8)39(48)44-22-29(55-25(3)46)16-27(44)23-53-56(9,10)40(4,5)6/h17-20,26-29H,11-16,21-23,41-42H2,1-10H3/t26-,27+,28-,29-/m1/s1. The number of hydrogen-bond donors (Lipinski definition) is 2. The average molecular weight is 801 g/mol. The Morgan fingerprint density at radius 1 is 0.732 bits per heavy atom. The summed E-state index contributed by atoms with van der Waals surface area (Å²) in [6.07, 6.45) is 1.35. The summed E-state index contributed by atoms with van der Waals surface area (Å²) >= 11 is 0. The predicted octanol–water partition coefficient (Wildman–Crippen LogP) is 5.44. The lowest BCUT2D eigenvalue weighted by atomic mass is 10.1. The van der Waals surface area contributed by atoms with E-state index in [0.29, 0.717) is 55.3 Å². The summed E-state index contributed by atoms with van der Waals surface area (Å²) < 4.78 is 40.5. The maximum atomic E-state index is 14.0. The summed E-state index contributed by atoms with van der Waals surface area (Å²) in [5, 5.41) is -0.0177. The first-order valence-electron chi connectivity index (χ1n) is 19.1. The van der Waals surface area contributed by atoms with Crippen LogP contribution in [-0.2, 0) is 23.5 Å². The first-order chi connectivity index (χ1) is 26.3. The van der Waals surface area contributed by atoms with E-state index in [1.165, 1.54) is 28.1 Å². The zero-order valence-electron chi connectivity index (χ0n) is 34.5. The van der Waals surface area contributed by atoms with E-state index in [4.69, 9.17) is 44.3 Å². The number of methoxy groups -OCH3 is 2. The van der Waals surface area contributed by atoms with Crippen LogP contribution in [0.3, 0.4) is 0 Å². The number of carbonyl (C=O) groups excluding carboxylic acids is 4. The molecule has 0 radical (unpaired) electrons. The first-order valence-corrected chi connectivity index (χ1v) is 22.0. The van der Waals surface area contributed by atoms with Gasteiger partial charge in [0.15, 0.2) is 31.3 Å². The number of rotatable bonds is 16. The molecule has 4 rings (SSSR count). The summed E-state index contributed by atoms with van der Waals surface area (Å²) in [7, 11) is 0.837. The Morgan fingerprint density at radius 2 is 1.16 bits per heavy atom. The third-order valence-corrected chi connectivity index (χ3v) is 15.3. The summed E-state index contributed by atoms with van der Waals surface area (Å²) in [5.41, 5.74) is 13.8. The Labute approximate surface area is 331 Å². The first kappa shape index (κ1) is 44.0. The molecular formula is C40H60N4O11Si. The van der Waals surface area contributed by atoms with E-state index in [1.54, 1.807) is 34.1 Å². The molecule has 0 spiro atoms. The minimum atomic E-state index is -2.12. The van der Waals surface area contributed by atoms with Gasteiger partial charge in [-0.15, -0.1) is 0 Å². The molecule has 2 aromatic rings. The number of amides is 2. The number of hydrogen-bond acceptors (Lipinski definition) is 13. The van der Waals surface area contributed by atoms with Crippen molar-refractivity contribution in [2.45, 2.75) is 110 Å². The molecule has 2 fully saturated rings. The third-order valence-electron chi connectivity index (χ3n) is 10.8. The zero-order chi connectivity index (χ0) is 41.5. The van der Waals surface area contributed by atoms with Gasteiger partial charge in [0.05, 0.1) is 64.3 Å². The molecule has 2 amide bonds. The van der Waals surface area contributed by atoms with E-state index < -0.39 is 20.4 Å². The fourth-order valence-corrected chi connectivity index (χ4v) is 7.79. The molecule has 310 valence electrons. The maximum Gasteiger partial charge on any atom is 0.302 e. The van der Waals surface area contributed by atoms with Gasteiger partial charge in [-0.1, -0.05) is 27.7 Å². The average Bonchev–Trinajstić information content (AvgIpc) is 3.72. The van der Waals surface area contributed by atoms with Crippen LogP contribution in [0, 0.1) is 0 Å². The summed E-state index contributed by atoms with van der Waals surface area (Å²) in [4.78, 5) is 54.3. The van der Waals surface area contributed by atoms with Crippen molar-refractivity contribution < 1.29 is 52.0 Å². The van der Waals surface area contributed by atoms with Crippen molar-refractivity contribution >= 4 is 43.4 Å². The number of anilines is 2. The van der Waals surface area contributed by atoms with Crippen LogP contribution in [0.1, 0.15) is 87.9 Å². The lowest BCUT2D eigenvalue weighted by Crippen LogP contribution is -2.46. The van der Waals surface area contributed by atoms with Gasteiger partial charge in [-0.3, -0.25) is 19.2 Å². The quantitative estimate of drug-likeness (QED) is 0.0945. The Kier molecular flexibility index (Phi) is 14.5. The minimum absolute atomic E-state index is 0.0177. The van der Waals surface area contributed by atoms with Crippen LogP contribution in [0.5, 0.6) is 23.0 Å². The van der Waals surface area contributed by atoms with Crippen LogP contribution in [-0.4, -0.2) is 113 Å². The van der Waals surface area contributed by atoms with Crippen LogP contribution in [0.2, 0.25) is 18.1 Å². The molecule has 2 aromatic carbocycles. The van der Waals surface area contributed by atoms with E-state index in [9.17, 15) is 19.2 Å². The second-order valence-corrected chi connectivity index (χ2v) is 20.7. The molecule has 4 N–H and O–H groups in total. The number of esters is 2. The van der Waals surface area contributed by atoms with Gasteiger partial charge in [-0.2, -0.15) is 0 Å². The molecule has 0 aliphatic carbocycles. The highest BCUT2D eigenvalue weighted by Gasteiger charge is 2.42. The minimum Gasteiger partial charge on any atom is -0.493 e. The molecule has 2 aliphatic heterocycles. The molecule has 15 nitrogen and oxygen atoms in total. The monoisotopic (exact) mass is 800 g/mol. The maximum absolute atomic E-state index is 14.0. The van der Waals surface area contributed by atoms with Crippen molar-refractivity contribution in [2.24, 2.45) is 0 Å². The lowest BCUT2D eigenvalue weighted by Gasteiger charge is -2.38. The van der Waals surface area contributed by atoms with Gasteiger partial charge in [0.1, 0.15) is 12.2 Å². The van der Waals surface area contributed by atoms with Gasteiger partial charge < -0.3 is 54.1 Å². The van der Waals surface area contributed by atoms with E-state index in [1.807, 2.05) is 6.92 Å². The molecule has 0 bridgehead atoms. The van der Waals surface area contributed by atoms with Gasteiger partial charge >= 0.3 is 11.9 Å². The van der Waals surface area contributed by atoms with Crippen molar-refractivity contribution in [2.75, 3.05) is 58.6 Å². The van der Waals surface area contributed by atoms with Crippen LogP contribution in [0.4, 0.5) is 11.4 Å². The second-order valence-electron chi connectivity index (χ2n) is 15.9. The molecular weight excluding hydrogens is 741 g/mol. The molecule has 2 saturated heterocycles. The van der Waals surface area contributed by atoms with E-state index in [-0.39, 0.29) is 89.8 Å². The number of nitrogen functional groups attached to an aromatic ring is 2. The summed E-state index contributed by atoms with van der Waals surface area (Å²) in [5.74, 6) is -0.00165. The van der Waals surface area contributed by atoms with Gasteiger partial charge in [0.2, 0.25) is 0 Å². The van der Waals surface area contributed by atoms with Gasteiger partial charge in [-0.05, 0) is 36.7 Å². The van der Waals surface area contributed by atoms with Crippen LogP contribution in [0.25, 0.3) is 0 Å². The van der Waals surface area contributed by atoms with Crippen LogP contribution < -0.4 is 30.4 Å². The third kappa shape index (κ3) is 10.6. The van der Waals surface area contributed by atoms with Crippen LogP contribution in [0.15, 0.2) is 24.3 Å². The molecule has 0 aromatic heterocycles. The molecule has 4 atom stereocenters. The summed E-state index contributed by atoms with van der Waals surface area (Å²) in [6, 6.07) is 5.85. The highest BCUT2D eigenvalue weighted by atomic mass is 28.4. The predicted molar refractivity (Wildman–Crippen MR) is 214 cm³/mol. The number of carbonyl (C=O) groups is 4. The normalized spacial score (nSPS) is 19.8. The topological polar surface area (TPSA) is 191 Å². The van der Waals surface area contributed by atoms with Crippen molar-refractivity contribution in [1.82, 2.24) is 9.80 Å². The van der Waals surface area contributed by atoms with E-state index >= 15 is 0 Å². The molecule has 0 saturated carbocycles. The molecule has 2 aliphatic rings. The molecule has 0 unspecified atom stereocenters. The largest absolute Gasteiger partial charge is 0.493 e. The van der Waals surface area contributed by atoms with E-state index in [2.05, 4.69) is 33.9 Å². The Balaban J connectivity index is 1.39. The van der Waals surface area contributed by atoms with Crippen molar-refractivity contribution in [3.05, 3.63) is 35.4 Å². The Hall–Kier alpha value is -4.70. The Morgan fingerprint density at radius 3 is 1.55 bits per heavy atom. The van der Waals surface area contributed by atoms with Gasteiger partial charge in [0, 0.05) is 62.7 Å². The van der Waals surface area contributed by atoms with Gasteiger partial charge in [0.25, 0.3) is 11.8 Å². The number of nitrogens with zero attached hydrogens (tertiary/aromatic N) is 2. The second kappa shape index (κ2) is 18.5. The Bertz CT molecular complexity index is 1750. The smallest absolute Gasteiger partial charge is 0.302 e. The van der Waals surface area contributed by atoms with Gasteiger partial charge in [-0.25, -0.2) is 0 Å². The zero-order valence-corrected chi connectivity index (χ0v) is 35.5.